The van der Waals surface area contributed by atoms with Gasteiger partial charge in [0.05, 0.1) is 17.1 Å². The summed E-state index contributed by atoms with van der Waals surface area (Å²) < 4.78 is 11.0. The average Bonchev–Trinajstić information content (AvgIpc) is 2.69. The predicted molar refractivity (Wildman–Crippen MR) is 71.4 cm³/mol. The Morgan fingerprint density at radius 2 is 2.33 bits per heavy atom. The molecule has 1 aromatic rings. The molecule has 18 heavy (non-hydrogen) atoms. The van der Waals surface area contributed by atoms with Crippen LogP contribution in [0.3, 0.4) is 0 Å². The van der Waals surface area contributed by atoms with E-state index in [0.29, 0.717) is 17.5 Å². The van der Waals surface area contributed by atoms with Gasteiger partial charge in [-0.3, -0.25) is 0 Å². The summed E-state index contributed by atoms with van der Waals surface area (Å²) in [6.07, 6.45) is 1.05. The van der Waals surface area contributed by atoms with E-state index < -0.39 is 0 Å². The molecule has 0 saturated carbocycles. The van der Waals surface area contributed by atoms with Gasteiger partial charge in [0, 0.05) is 4.90 Å². The zero-order valence-electron chi connectivity index (χ0n) is 11.0. The molecule has 1 aromatic carbocycles. The number of halogens is 1. The third-order valence-electron chi connectivity index (χ3n) is 2.50. The Morgan fingerprint density at radius 3 is 2.94 bits per heavy atom. The molecule has 1 fully saturated rings. The number of benzene rings is 1. The van der Waals surface area contributed by atoms with Crippen LogP contribution in [0.25, 0.3) is 0 Å². The van der Waals surface area contributed by atoms with Gasteiger partial charge in [0.1, 0.15) is 5.75 Å². The molecule has 2 rings (SSSR count). The molecule has 0 aliphatic carbocycles. The number of hydrogen-bond donors (Lipinski definition) is 0. The van der Waals surface area contributed by atoms with Gasteiger partial charge in [-0.15, -0.1) is 5.92 Å². The summed E-state index contributed by atoms with van der Waals surface area (Å²) >= 11 is 7.75. The van der Waals surface area contributed by atoms with E-state index in [1.54, 1.807) is 11.8 Å². The molecule has 1 aliphatic rings. The number of ether oxygens (including phenoxy) is 2. The second kappa shape index (κ2) is 8.85. The molecule has 1 saturated heterocycles. The van der Waals surface area contributed by atoms with Crippen LogP contribution in [0.2, 0.25) is 5.02 Å². The van der Waals surface area contributed by atoms with E-state index in [0.717, 1.165) is 17.1 Å². The molecule has 1 unspecified atom stereocenters. The van der Waals surface area contributed by atoms with Crippen molar-refractivity contribution in [3.63, 3.8) is 0 Å². The van der Waals surface area contributed by atoms with Gasteiger partial charge in [-0.25, -0.2) is 6.61 Å². The van der Waals surface area contributed by atoms with Gasteiger partial charge in [-0.1, -0.05) is 30.3 Å². The average molecular weight is 405 g/mol. The predicted octanol–water partition coefficient (Wildman–Crippen LogP) is 1.38. The van der Waals surface area contributed by atoms with Gasteiger partial charge < -0.3 is 9.47 Å². The minimum atomic E-state index is 0. The molecule has 5 heteroatoms. The van der Waals surface area contributed by atoms with Crippen molar-refractivity contribution in [2.24, 2.45) is 5.92 Å². The quantitative estimate of drug-likeness (QED) is 0.707. The van der Waals surface area contributed by atoms with Gasteiger partial charge in [0.2, 0.25) is 0 Å². The van der Waals surface area contributed by atoms with Gasteiger partial charge in [0.15, 0.2) is 0 Å². The standard InChI is InChI=1S/C13H16ClO2S.Cs/c1-3-15-12-7-10(4-5-11(12)14)17-13-6-9(2)8-16-13;/h4-5,7-9,13H,3,6H2,1-2H3;/q-1;+1/t9-,13?;/m1./s1. The summed E-state index contributed by atoms with van der Waals surface area (Å²) in [5, 5.41) is 0.656. The van der Waals surface area contributed by atoms with Crippen LogP contribution < -0.4 is 73.6 Å². The number of thioether (sulfide) groups is 1. The Kier molecular flexibility index (Phi) is 8.71. The molecular weight excluding hydrogens is 389 g/mol. The van der Waals surface area contributed by atoms with E-state index in [1.807, 2.05) is 31.7 Å². The third kappa shape index (κ3) is 5.22. The van der Waals surface area contributed by atoms with Crippen LogP contribution in [0.5, 0.6) is 5.75 Å². The maximum absolute atomic E-state index is 6.04. The summed E-state index contributed by atoms with van der Waals surface area (Å²) in [5.74, 6) is 1.28. The summed E-state index contributed by atoms with van der Waals surface area (Å²) in [4.78, 5) is 1.13. The Morgan fingerprint density at radius 1 is 1.56 bits per heavy atom. The minimum absolute atomic E-state index is 0. The molecule has 0 N–H and O–H groups in total. The fourth-order valence-electron chi connectivity index (χ4n) is 1.69. The van der Waals surface area contributed by atoms with Crippen LogP contribution in [0.4, 0.5) is 0 Å². The maximum atomic E-state index is 6.04. The molecule has 1 aliphatic heterocycles. The van der Waals surface area contributed by atoms with E-state index in [2.05, 4.69) is 6.92 Å². The van der Waals surface area contributed by atoms with Crippen molar-refractivity contribution in [1.82, 2.24) is 0 Å². The molecule has 0 aromatic heterocycles. The van der Waals surface area contributed by atoms with Crippen molar-refractivity contribution < 1.29 is 78.4 Å². The van der Waals surface area contributed by atoms with Crippen molar-refractivity contribution in [3.05, 3.63) is 29.8 Å². The van der Waals surface area contributed by atoms with E-state index in [-0.39, 0.29) is 74.3 Å². The largest absolute Gasteiger partial charge is 1.00 e. The molecule has 1 heterocycles. The second-order valence-electron chi connectivity index (χ2n) is 4.06. The molecule has 0 amide bonds. The molecular formula is C13H16ClCsO2S. The van der Waals surface area contributed by atoms with Crippen molar-refractivity contribution in [2.75, 3.05) is 6.61 Å². The Bertz CT molecular complexity index is 389. The molecule has 0 radical (unpaired) electrons. The van der Waals surface area contributed by atoms with E-state index >= 15 is 0 Å². The summed E-state index contributed by atoms with van der Waals surface area (Å²) in [6, 6.07) is 5.85. The smallest absolute Gasteiger partial charge is 0.542 e. The SMILES string of the molecule is CCOc1cc(SC2C[C@@H](C)[CH-]O2)ccc1Cl.[Cs+]. The second-order valence-corrected chi connectivity index (χ2v) is 5.70. The Hall–Kier alpha value is 1.67. The molecule has 0 spiro atoms. The van der Waals surface area contributed by atoms with Crippen LogP contribution in [-0.2, 0) is 4.74 Å². The molecule has 94 valence electrons. The first-order valence-electron chi connectivity index (χ1n) is 5.77. The zero-order chi connectivity index (χ0) is 12.3. The summed E-state index contributed by atoms with van der Waals surface area (Å²) in [7, 11) is 0. The van der Waals surface area contributed by atoms with Gasteiger partial charge in [-0.2, -0.15) is 0 Å². The summed E-state index contributed by atoms with van der Waals surface area (Å²) in [5.41, 5.74) is 0.209. The zero-order valence-corrected chi connectivity index (χ0v) is 18.8. The Balaban J connectivity index is 0.00000162. The van der Waals surface area contributed by atoms with E-state index in [1.165, 1.54) is 0 Å². The van der Waals surface area contributed by atoms with Crippen LogP contribution in [-0.4, -0.2) is 12.0 Å². The first kappa shape index (κ1) is 17.7. The molecule has 2 nitrogen and oxygen atoms in total. The normalized spacial score (nSPS) is 22.6. The maximum Gasteiger partial charge on any atom is 1.00 e. The van der Waals surface area contributed by atoms with Crippen molar-refractivity contribution in [1.29, 1.82) is 0 Å². The number of rotatable bonds is 4. The van der Waals surface area contributed by atoms with Crippen LogP contribution in [0.1, 0.15) is 20.3 Å². The van der Waals surface area contributed by atoms with Crippen molar-refractivity contribution in [3.8, 4) is 5.75 Å². The van der Waals surface area contributed by atoms with Crippen LogP contribution >= 0.6 is 23.4 Å². The Labute approximate surface area is 177 Å². The summed E-state index contributed by atoms with van der Waals surface area (Å²) in [6.45, 7) is 6.65. The monoisotopic (exact) mass is 404 g/mol. The van der Waals surface area contributed by atoms with Gasteiger partial charge >= 0.3 is 68.9 Å². The fourth-order valence-corrected chi connectivity index (χ4v) is 3.00. The van der Waals surface area contributed by atoms with Crippen LogP contribution in [0.15, 0.2) is 23.1 Å². The fraction of sp³-hybridized carbons (Fsp3) is 0.462. The van der Waals surface area contributed by atoms with Gasteiger partial charge in [0.25, 0.3) is 0 Å². The van der Waals surface area contributed by atoms with E-state index in [4.69, 9.17) is 21.1 Å². The molecule has 0 bridgehead atoms. The first-order valence-corrected chi connectivity index (χ1v) is 7.02. The van der Waals surface area contributed by atoms with Crippen LogP contribution in [0, 0.1) is 12.5 Å². The van der Waals surface area contributed by atoms with E-state index in [9.17, 15) is 0 Å². The van der Waals surface area contributed by atoms with Gasteiger partial charge in [-0.05, 0) is 31.5 Å². The van der Waals surface area contributed by atoms with Crippen molar-refractivity contribution in [2.45, 2.75) is 30.6 Å². The van der Waals surface area contributed by atoms with Crippen molar-refractivity contribution >= 4 is 23.4 Å². The molecule has 2 atom stereocenters. The third-order valence-corrected chi connectivity index (χ3v) is 3.90. The topological polar surface area (TPSA) is 18.5 Å². The first-order chi connectivity index (χ1) is 8.19. The minimum Gasteiger partial charge on any atom is -0.542 e. The number of hydrogen-bond acceptors (Lipinski definition) is 3.